The number of aliphatic hydroxyl groups is 2. The molecule has 0 bridgehead atoms. The Kier molecular flexibility index (Phi) is 57.8. The molecular weight excluding hydrogens is 863 g/mol. The molecule has 3 atom stereocenters. The summed E-state index contributed by atoms with van der Waals surface area (Å²) in [6.45, 7) is 6.56. The first-order valence-electron chi connectivity index (χ1n) is 32.3. The third-order valence-electron chi connectivity index (χ3n) is 15.4. The standard InChI is InChI=1S/C64H127NO5/c1-4-7-10-13-16-19-22-25-28-31-32-33-36-39-42-45-48-51-54-57-64(69)70-60(55-52-49-46-43-40-37-34-29-26-23-20-17-14-11-8-5-2)58-63(68)65-61(59-66)62(67)56-53-50-47-44-41-38-35-30-27-24-21-18-15-12-9-6-3/h60-62,66-67H,4-59H2,1-3H3,(H,65,68). The predicted octanol–water partition coefficient (Wildman–Crippen LogP) is 20.3. The van der Waals surface area contributed by atoms with Crippen molar-refractivity contribution in [2.24, 2.45) is 0 Å². The van der Waals surface area contributed by atoms with E-state index in [1.54, 1.807) is 0 Å². The van der Waals surface area contributed by atoms with Crippen LogP contribution in [-0.2, 0) is 14.3 Å². The molecule has 0 radical (unpaired) electrons. The van der Waals surface area contributed by atoms with Crippen LogP contribution < -0.4 is 5.32 Å². The first-order valence-corrected chi connectivity index (χ1v) is 32.3. The van der Waals surface area contributed by atoms with Gasteiger partial charge in [0.05, 0.1) is 25.2 Å². The van der Waals surface area contributed by atoms with Gasteiger partial charge in [-0.25, -0.2) is 0 Å². The van der Waals surface area contributed by atoms with E-state index in [0.717, 1.165) is 38.5 Å². The number of hydrogen-bond acceptors (Lipinski definition) is 5. The average Bonchev–Trinajstić information content (AvgIpc) is 3.35. The van der Waals surface area contributed by atoms with Gasteiger partial charge in [-0.15, -0.1) is 0 Å². The highest BCUT2D eigenvalue weighted by atomic mass is 16.5. The van der Waals surface area contributed by atoms with E-state index in [0.29, 0.717) is 19.3 Å². The molecular formula is C64H127NO5. The zero-order chi connectivity index (χ0) is 50.9. The van der Waals surface area contributed by atoms with Gasteiger partial charge in [-0.2, -0.15) is 0 Å². The van der Waals surface area contributed by atoms with Crippen molar-refractivity contribution in [3.05, 3.63) is 0 Å². The fraction of sp³-hybridized carbons (Fsp3) is 0.969. The van der Waals surface area contributed by atoms with E-state index in [1.807, 2.05) is 0 Å². The molecule has 0 fully saturated rings. The summed E-state index contributed by atoms with van der Waals surface area (Å²) in [5, 5.41) is 24.0. The molecule has 0 aromatic heterocycles. The van der Waals surface area contributed by atoms with E-state index >= 15 is 0 Å². The van der Waals surface area contributed by atoms with Crippen molar-refractivity contribution < 1.29 is 24.5 Å². The molecule has 6 nitrogen and oxygen atoms in total. The molecule has 0 aliphatic carbocycles. The van der Waals surface area contributed by atoms with Crippen molar-refractivity contribution in [3.8, 4) is 0 Å². The Morgan fingerprint density at radius 3 is 0.871 bits per heavy atom. The number of rotatable bonds is 60. The lowest BCUT2D eigenvalue weighted by molar-refractivity contribution is -0.151. The van der Waals surface area contributed by atoms with Crippen LogP contribution in [0.5, 0.6) is 0 Å². The molecule has 0 aromatic carbocycles. The number of esters is 1. The molecule has 0 heterocycles. The van der Waals surface area contributed by atoms with Gasteiger partial charge in [-0.1, -0.05) is 335 Å². The lowest BCUT2D eigenvalue weighted by Gasteiger charge is -2.24. The van der Waals surface area contributed by atoms with Crippen LogP contribution in [0.1, 0.15) is 374 Å². The number of hydrogen-bond donors (Lipinski definition) is 3. The Morgan fingerprint density at radius 1 is 0.357 bits per heavy atom. The van der Waals surface area contributed by atoms with Gasteiger partial charge < -0.3 is 20.3 Å². The van der Waals surface area contributed by atoms with Crippen molar-refractivity contribution in [2.75, 3.05) is 6.61 Å². The zero-order valence-electron chi connectivity index (χ0n) is 47.9. The Bertz CT molecular complexity index is 1020. The van der Waals surface area contributed by atoms with E-state index < -0.39 is 18.2 Å². The van der Waals surface area contributed by atoms with Crippen molar-refractivity contribution in [1.29, 1.82) is 0 Å². The van der Waals surface area contributed by atoms with E-state index in [4.69, 9.17) is 4.74 Å². The summed E-state index contributed by atoms with van der Waals surface area (Å²) in [4.78, 5) is 26.4. The Morgan fingerprint density at radius 2 is 0.600 bits per heavy atom. The van der Waals surface area contributed by atoms with Crippen LogP contribution in [0.4, 0.5) is 0 Å². The SMILES string of the molecule is CCCCCCCCCCCCCCCCCCCCCC(=O)OC(CCCCCCCCCCCCCCCCCC)CC(=O)NC(CO)C(O)CCCCCCCCCCCCCCCCCC. The van der Waals surface area contributed by atoms with E-state index in [2.05, 4.69) is 26.1 Å². The molecule has 0 saturated carbocycles. The molecule has 0 spiro atoms. The maximum absolute atomic E-state index is 13.3. The lowest BCUT2D eigenvalue weighted by Crippen LogP contribution is -2.46. The first kappa shape index (κ1) is 68.9. The Balaban J connectivity index is 4.45. The molecule has 418 valence electrons. The second kappa shape index (κ2) is 58.7. The van der Waals surface area contributed by atoms with Gasteiger partial charge in [0.15, 0.2) is 0 Å². The van der Waals surface area contributed by atoms with Gasteiger partial charge >= 0.3 is 5.97 Å². The van der Waals surface area contributed by atoms with Crippen LogP contribution in [0.2, 0.25) is 0 Å². The molecule has 3 unspecified atom stereocenters. The summed E-state index contributed by atoms with van der Waals surface area (Å²) in [5.74, 6) is -0.439. The van der Waals surface area contributed by atoms with E-state index in [-0.39, 0.29) is 24.9 Å². The normalized spacial score (nSPS) is 12.9. The second-order valence-corrected chi connectivity index (χ2v) is 22.5. The monoisotopic (exact) mass is 990 g/mol. The third kappa shape index (κ3) is 53.2. The maximum Gasteiger partial charge on any atom is 0.306 e. The summed E-state index contributed by atoms with van der Waals surface area (Å²) in [7, 11) is 0. The maximum atomic E-state index is 13.3. The van der Waals surface area contributed by atoms with Crippen LogP contribution >= 0.6 is 0 Å². The minimum atomic E-state index is -0.781. The Hall–Kier alpha value is -1.14. The van der Waals surface area contributed by atoms with Crippen molar-refractivity contribution in [1.82, 2.24) is 5.32 Å². The lowest BCUT2D eigenvalue weighted by atomic mass is 10.0. The van der Waals surface area contributed by atoms with E-state index in [9.17, 15) is 19.8 Å². The molecule has 0 aromatic rings. The highest BCUT2D eigenvalue weighted by Gasteiger charge is 2.24. The highest BCUT2D eigenvalue weighted by molar-refractivity contribution is 5.77. The predicted molar refractivity (Wildman–Crippen MR) is 306 cm³/mol. The van der Waals surface area contributed by atoms with Crippen LogP contribution in [0.25, 0.3) is 0 Å². The molecule has 6 heteroatoms. The quantitative estimate of drug-likeness (QED) is 0.0417. The summed E-state index contributed by atoms with van der Waals surface area (Å²) < 4.78 is 6.00. The molecule has 3 N–H and O–H groups in total. The van der Waals surface area contributed by atoms with Gasteiger partial charge in [0.2, 0.25) is 5.91 Å². The smallest absolute Gasteiger partial charge is 0.306 e. The number of nitrogens with one attached hydrogen (secondary N) is 1. The number of amides is 1. The second-order valence-electron chi connectivity index (χ2n) is 22.5. The van der Waals surface area contributed by atoms with Gasteiger partial charge in [0, 0.05) is 6.42 Å². The summed E-state index contributed by atoms with van der Waals surface area (Å²) in [6, 6.07) is -0.694. The van der Waals surface area contributed by atoms with Gasteiger partial charge in [0.1, 0.15) is 6.10 Å². The molecule has 0 saturated heterocycles. The molecule has 1 amide bonds. The minimum absolute atomic E-state index is 0.0892. The summed E-state index contributed by atoms with van der Waals surface area (Å²) >= 11 is 0. The largest absolute Gasteiger partial charge is 0.462 e. The zero-order valence-corrected chi connectivity index (χ0v) is 47.9. The Labute approximate surface area is 438 Å². The highest BCUT2D eigenvalue weighted by Crippen LogP contribution is 2.20. The number of carbonyl (C=O) groups excluding carboxylic acids is 2. The third-order valence-corrected chi connectivity index (χ3v) is 15.4. The van der Waals surface area contributed by atoms with Gasteiger partial charge in [-0.3, -0.25) is 9.59 Å². The minimum Gasteiger partial charge on any atom is -0.462 e. The fourth-order valence-electron chi connectivity index (χ4n) is 10.6. The van der Waals surface area contributed by atoms with Gasteiger partial charge in [-0.05, 0) is 25.7 Å². The van der Waals surface area contributed by atoms with Crippen LogP contribution in [0.15, 0.2) is 0 Å². The first-order chi connectivity index (χ1) is 34.5. The summed E-state index contributed by atoms with van der Waals surface area (Å²) in [5.41, 5.74) is 0. The fourth-order valence-corrected chi connectivity index (χ4v) is 10.6. The van der Waals surface area contributed by atoms with E-state index in [1.165, 1.54) is 289 Å². The van der Waals surface area contributed by atoms with Gasteiger partial charge in [0.25, 0.3) is 0 Å². The van der Waals surface area contributed by atoms with Crippen molar-refractivity contribution >= 4 is 11.9 Å². The van der Waals surface area contributed by atoms with Crippen LogP contribution in [0, 0.1) is 0 Å². The molecule has 0 rings (SSSR count). The van der Waals surface area contributed by atoms with Crippen LogP contribution in [-0.4, -0.2) is 46.9 Å². The summed E-state index contributed by atoms with van der Waals surface area (Å²) in [6.07, 6.45) is 67.5. The number of aliphatic hydroxyl groups excluding tert-OH is 2. The molecule has 0 aliphatic rings. The molecule has 70 heavy (non-hydrogen) atoms. The topological polar surface area (TPSA) is 95.9 Å². The number of ether oxygens (including phenoxy) is 1. The molecule has 0 aliphatic heterocycles. The average molecular weight is 991 g/mol. The number of carbonyl (C=O) groups is 2. The number of unbranched alkanes of at least 4 members (excludes halogenated alkanes) is 48. The van der Waals surface area contributed by atoms with Crippen molar-refractivity contribution in [2.45, 2.75) is 392 Å². The van der Waals surface area contributed by atoms with Crippen LogP contribution in [0.3, 0.4) is 0 Å². The van der Waals surface area contributed by atoms with Crippen molar-refractivity contribution in [3.63, 3.8) is 0 Å².